The van der Waals surface area contributed by atoms with Crippen molar-refractivity contribution in [2.24, 2.45) is 0 Å². The molecular weight excluding hydrogens is 304 g/mol. The lowest BCUT2D eigenvalue weighted by Gasteiger charge is -2.11. The number of hydrogen-bond acceptors (Lipinski definition) is 4. The number of hydrogen-bond donors (Lipinski definition) is 1. The van der Waals surface area contributed by atoms with Gasteiger partial charge in [-0.25, -0.2) is 4.79 Å². The molecule has 1 heterocycles. The Kier molecular flexibility index (Phi) is 4.24. The van der Waals surface area contributed by atoms with Gasteiger partial charge in [-0.3, -0.25) is 9.78 Å². The SMILES string of the molecule is COC(=O)c1ccc(C)c(NC(=O)c2ccnc3ccccc23)c1. The Bertz CT molecular complexity index is 930. The van der Waals surface area contributed by atoms with Gasteiger partial charge in [-0.05, 0) is 36.8 Å². The highest BCUT2D eigenvalue weighted by molar-refractivity contribution is 6.12. The minimum absolute atomic E-state index is 0.251. The molecule has 0 aliphatic heterocycles. The first-order valence-corrected chi connectivity index (χ1v) is 7.44. The first-order chi connectivity index (χ1) is 11.6. The summed E-state index contributed by atoms with van der Waals surface area (Å²) in [5.41, 5.74) is 3.10. The van der Waals surface area contributed by atoms with Crippen molar-refractivity contribution in [1.82, 2.24) is 4.98 Å². The van der Waals surface area contributed by atoms with E-state index in [1.807, 2.05) is 31.2 Å². The molecule has 0 spiro atoms. The third-order valence-electron chi connectivity index (χ3n) is 3.80. The molecule has 0 unspecified atom stereocenters. The minimum Gasteiger partial charge on any atom is -0.465 e. The minimum atomic E-state index is -0.445. The summed E-state index contributed by atoms with van der Waals surface area (Å²) < 4.78 is 4.72. The van der Waals surface area contributed by atoms with Crippen LogP contribution < -0.4 is 5.32 Å². The zero-order valence-corrected chi connectivity index (χ0v) is 13.4. The van der Waals surface area contributed by atoms with Crippen LogP contribution in [0.5, 0.6) is 0 Å². The van der Waals surface area contributed by atoms with Gasteiger partial charge in [0.1, 0.15) is 0 Å². The summed E-state index contributed by atoms with van der Waals surface area (Å²) in [4.78, 5) is 28.6. The maximum Gasteiger partial charge on any atom is 0.337 e. The van der Waals surface area contributed by atoms with Gasteiger partial charge in [-0.2, -0.15) is 0 Å². The molecule has 2 aromatic carbocycles. The number of aryl methyl sites for hydroxylation is 1. The van der Waals surface area contributed by atoms with Crippen molar-refractivity contribution in [2.75, 3.05) is 12.4 Å². The number of esters is 1. The van der Waals surface area contributed by atoms with E-state index in [2.05, 4.69) is 10.3 Å². The number of fused-ring (bicyclic) bond motifs is 1. The first-order valence-electron chi connectivity index (χ1n) is 7.44. The van der Waals surface area contributed by atoms with Crippen LogP contribution in [0.4, 0.5) is 5.69 Å². The number of aromatic nitrogens is 1. The number of rotatable bonds is 3. The summed E-state index contributed by atoms with van der Waals surface area (Å²) in [6.45, 7) is 1.86. The van der Waals surface area contributed by atoms with Crippen molar-refractivity contribution in [3.05, 3.63) is 71.4 Å². The Morgan fingerprint density at radius 3 is 2.67 bits per heavy atom. The van der Waals surface area contributed by atoms with E-state index >= 15 is 0 Å². The maximum atomic E-state index is 12.7. The molecule has 0 saturated heterocycles. The lowest BCUT2D eigenvalue weighted by molar-refractivity contribution is 0.0600. The van der Waals surface area contributed by atoms with Crippen LogP contribution in [0.15, 0.2) is 54.7 Å². The van der Waals surface area contributed by atoms with Crippen molar-refractivity contribution in [3.63, 3.8) is 0 Å². The van der Waals surface area contributed by atoms with Gasteiger partial charge in [0.05, 0.1) is 23.8 Å². The number of pyridine rings is 1. The predicted octanol–water partition coefficient (Wildman–Crippen LogP) is 3.58. The van der Waals surface area contributed by atoms with Crippen molar-refractivity contribution < 1.29 is 14.3 Å². The molecule has 0 fully saturated rings. The van der Waals surface area contributed by atoms with Crippen LogP contribution >= 0.6 is 0 Å². The van der Waals surface area contributed by atoms with E-state index in [1.165, 1.54) is 7.11 Å². The molecule has 5 heteroatoms. The second-order valence-corrected chi connectivity index (χ2v) is 5.35. The maximum absolute atomic E-state index is 12.7. The summed E-state index contributed by atoms with van der Waals surface area (Å²) in [7, 11) is 1.32. The number of nitrogens with one attached hydrogen (secondary N) is 1. The highest BCUT2D eigenvalue weighted by atomic mass is 16.5. The first kappa shape index (κ1) is 15.7. The highest BCUT2D eigenvalue weighted by Gasteiger charge is 2.13. The summed E-state index contributed by atoms with van der Waals surface area (Å²) in [5.74, 6) is -0.696. The lowest BCUT2D eigenvalue weighted by atomic mass is 10.1. The molecule has 0 aliphatic rings. The van der Waals surface area contributed by atoms with Crippen LogP contribution in [-0.4, -0.2) is 24.0 Å². The molecule has 0 bridgehead atoms. The lowest BCUT2D eigenvalue weighted by Crippen LogP contribution is -2.14. The van der Waals surface area contributed by atoms with E-state index in [-0.39, 0.29) is 5.91 Å². The van der Waals surface area contributed by atoms with Crippen LogP contribution in [0.1, 0.15) is 26.3 Å². The topological polar surface area (TPSA) is 68.3 Å². The normalized spacial score (nSPS) is 10.4. The zero-order valence-electron chi connectivity index (χ0n) is 13.4. The number of benzene rings is 2. The van der Waals surface area contributed by atoms with E-state index in [9.17, 15) is 9.59 Å². The molecule has 1 aromatic heterocycles. The highest BCUT2D eigenvalue weighted by Crippen LogP contribution is 2.21. The van der Waals surface area contributed by atoms with Gasteiger partial charge in [-0.15, -0.1) is 0 Å². The Morgan fingerprint density at radius 1 is 1.08 bits per heavy atom. The van der Waals surface area contributed by atoms with E-state index in [0.717, 1.165) is 16.5 Å². The van der Waals surface area contributed by atoms with Crippen molar-refractivity contribution >= 4 is 28.5 Å². The van der Waals surface area contributed by atoms with E-state index < -0.39 is 5.97 Å². The number of carbonyl (C=O) groups excluding carboxylic acids is 2. The molecule has 5 nitrogen and oxygen atoms in total. The number of anilines is 1. The standard InChI is InChI=1S/C19H16N2O3/c1-12-7-8-13(19(23)24-2)11-17(12)21-18(22)15-9-10-20-16-6-4-3-5-14(15)16/h3-11H,1-2H3,(H,21,22). The summed E-state index contributed by atoms with van der Waals surface area (Å²) in [6.07, 6.45) is 1.61. The van der Waals surface area contributed by atoms with Gasteiger partial charge in [0.15, 0.2) is 0 Å². The van der Waals surface area contributed by atoms with Gasteiger partial charge in [-0.1, -0.05) is 24.3 Å². The summed E-state index contributed by atoms with van der Waals surface area (Å²) in [6, 6.07) is 14.2. The Balaban J connectivity index is 1.96. The quantitative estimate of drug-likeness (QED) is 0.749. The average molecular weight is 320 g/mol. The van der Waals surface area contributed by atoms with E-state index in [1.54, 1.807) is 30.5 Å². The summed E-state index contributed by atoms with van der Waals surface area (Å²) >= 11 is 0. The molecule has 0 radical (unpaired) electrons. The van der Waals surface area contributed by atoms with Gasteiger partial charge >= 0.3 is 5.97 Å². The van der Waals surface area contributed by atoms with Gasteiger partial charge in [0.25, 0.3) is 5.91 Å². The number of methoxy groups -OCH3 is 1. The fourth-order valence-electron chi connectivity index (χ4n) is 2.48. The average Bonchev–Trinajstić information content (AvgIpc) is 2.62. The number of ether oxygens (including phenoxy) is 1. The van der Waals surface area contributed by atoms with Crippen molar-refractivity contribution in [2.45, 2.75) is 6.92 Å². The molecule has 120 valence electrons. The third kappa shape index (κ3) is 2.96. The Morgan fingerprint density at radius 2 is 1.88 bits per heavy atom. The van der Waals surface area contributed by atoms with Gasteiger partial charge in [0.2, 0.25) is 0 Å². The fourth-order valence-corrected chi connectivity index (χ4v) is 2.48. The van der Waals surface area contributed by atoms with Crippen LogP contribution in [0.2, 0.25) is 0 Å². The van der Waals surface area contributed by atoms with E-state index in [0.29, 0.717) is 16.8 Å². The number of nitrogens with zero attached hydrogens (tertiary/aromatic N) is 1. The Labute approximate surface area is 139 Å². The molecule has 3 rings (SSSR count). The molecule has 0 atom stereocenters. The molecule has 3 aromatic rings. The largest absolute Gasteiger partial charge is 0.465 e. The molecule has 0 aliphatic carbocycles. The smallest absolute Gasteiger partial charge is 0.337 e. The molecule has 1 amide bonds. The van der Waals surface area contributed by atoms with Crippen LogP contribution in [0, 0.1) is 6.92 Å². The van der Waals surface area contributed by atoms with Crippen LogP contribution in [0.3, 0.4) is 0 Å². The van der Waals surface area contributed by atoms with Crippen molar-refractivity contribution in [1.29, 1.82) is 0 Å². The van der Waals surface area contributed by atoms with Gasteiger partial charge in [0, 0.05) is 17.3 Å². The number of carbonyl (C=O) groups is 2. The number of para-hydroxylation sites is 1. The monoisotopic (exact) mass is 320 g/mol. The second-order valence-electron chi connectivity index (χ2n) is 5.35. The van der Waals surface area contributed by atoms with Crippen LogP contribution in [0.25, 0.3) is 10.9 Å². The van der Waals surface area contributed by atoms with Crippen LogP contribution in [-0.2, 0) is 4.74 Å². The fraction of sp³-hybridized carbons (Fsp3) is 0.105. The summed E-state index contributed by atoms with van der Waals surface area (Å²) in [5, 5.41) is 3.64. The van der Waals surface area contributed by atoms with E-state index in [4.69, 9.17) is 4.74 Å². The Hall–Kier alpha value is -3.21. The van der Waals surface area contributed by atoms with Gasteiger partial charge < -0.3 is 10.1 Å². The third-order valence-corrected chi connectivity index (χ3v) is 3.80. The second kappa shape index (κ2) is 6.50. The predicted molar refractivity (Wildman–Crippen MR) is 92.2 cm³/mol. The molecule has 24 heavy (non-hydrogen) atoms. The molecular formula is C19H16N2O3. The molecule has 1 N–H and O–H groups in total. The zero-order chi connectivity index (χ0) is 17.1. The number of amides is 1. The molecule has 0 saturated carbocycles. The van der Waals surface area contributed by atoms with Crippen molar-refractivity contribution in [3.8, 4) is 0 Å².